The van der Waals surface area contributed by atoms with Gasteiger partial charge in [-0.2, -0.15) is 5.10 Å². The number of ketones is 1. The van der Waals surface area contributed by atoms with Gasteiger partial charge in [0.05, 0.1) is 5.69 Å². The second kappa shape index (κ2) is 6.30. The van der Waals surface area contributed by atoms with Crippen molar-refractivity contribution in [1.29, 1.82) is 0 Å². The average molecular weight is 269 g/mol. The van der Waals surface area contributed by atoms with Crippen LogP contribution in [0.1, 0.15) is 21.6 Å². The van der Waals surface area contributed by atoms with Crippen LogP contribution < -0.4 is 0 Å². The minimum absolute atomic E-state index is 0.00630. The standard InChI is InChI=1S/C16H19N3O/c1-18(2)12-13-5-4-6-14(11-13)16(20)8-7-15-9-10-17-19(15)3/h4-11H,12H2,1-3H3. The molecule has 104 valence electrons. The van der Waals surface area contributed by atoms with E-state index >= 15 is 0 Å². The summed E-state index contributed by atoms with van der Waals surface area (Å²) in [6, 6.07) is 9.60. The quantitative estimate of drug-likeness (QED) is 0.618. The lowest BCUT2D eigenvalue weighted by atomic mass is 10.1. The van der Waals surface area contributed by atoms with Crippen molar-refractivity contribution in [2.24, 2.45) is 7.05 Å². The van der Waals surface area contributed by atoms with Crippen LogP contribution in [-0.4, -0.2) is 34.6 Å². The molecule has 1 heterocycles. The summed E-state index contributed by atoms with van der Waals surface area (Å²) in [5, 5.41) is 4.06. The van der Waals surface area contributed by atoms with E-state index in [0.717, 1.165) is 17.8 Å². The largest absolute Gasteiger partial charge is 0.305 e. The average Bonchev–Trinajstić information content (AvgIpc) is 2.81. The molecule has 0 atom stereocenters. The molecule has 1 aromatic carbocycles. The van der Waals surface area contributed by atoms with Crippen LogP contribution in [0, 0.1) is 0 Å². The van der Waals surface area contributed by atoms with Crippen molar-refractivity contribution in [3.63, 3.8) is 0 Å². The van der Waals surface area contributed by atoms with Crippen LogP contribution in [0.3, 0.4) is 0 Å². The van der Waals surface area contributed by atoms with Crippen molar-refractivity contribution in [2.75, 3.05) is 14.1 Å². The fourth-order valence-electron chi connectivity index (χ4n) is 1.99. The minimum atomic E-state index is 0.00630. The highest BCUT2D eigenvalue weighted by molar-refractivity contribution is 6.06. The normalized spacial score (nSPS) is 11.4. The maximum atomic E-state index is 12.2. The van der Waals surface area contributed by atoms with Gasteiger partial charge in [0.15, 0.2) is 5.78 Å². The predicted molar refractivity (Wildman–Crippen MR) is 80.4 cm³/mol. The first kappa shape index (κ1) is 14.2. The Hall–Kier alpha value is -2.20. The van der Waals surface area contributed by atoms with Crippen molar-refractivity contribution in [1.82, 2.24) is 14.7 Å². The van der Waals surface area contributed by atoms with Crippen molar-refractivity contribution in [2.45, 2.75) is 6.54 Å². The number of allylic oxidation sites excluding steroid dienone is 1. The molecule has 0 saturated carbocycles. The van der Waals surface area contributed by atoms with Crippen molar-refractivity contribution >= 4 is 11.9 Å². The molecule has 0 amide bonds. The second-order valence-corrected chi connectivity index (χ2v) is 5.02. The molecule has 0 spiro atoms. The lowest BCUT2D eigenvalue weighted by Gasteiger charge is -2.09. The summed E-state index contributed by atoms with van der Waals surface area (Å²) in [6.45, 7) is 0.826. The molecular formula is C16H19N3O. The Morgan fingerprint density at radius 3 is 2.80 bits per heavy atom. The Balaban J connectivity index is 2.13. The number of carbonyl (C=O) groups is 1. The zero-order chi connectivity index (χ0) is 14.5. The molecule has 0 aliphatic heterocycles. The zero-order valence-corrected chi connectivity index (χ0v) is 12.1. The molecule has 0 unspecified atom stereocenters. The SMILES string of the molecule is CN(C)Cc1cccc(C(=O)C=Cc2ccnn2C)c1. The molecule has 0 aliphatic carbocycles. The molecule has 0 radical (unpaired) electrons. The molecule has 0 bridgehead atoms. The van der Waals surface area contributed by atoms with E-state index in [2.05, 4.69) is 10.00 Å². The minimum Gasteiger partial charge on any atom is -0.305 e. The second-order valence-electron chi connectivity index (χ2n) is 5.02. The molecule has 0 aliphatic rings. The highest BCUT2D eigenvalue weighted by Gasteiger charge is 2.04. The molecule has 20 heavy (non-hydrogen) atoms. The number of carbonyl (C=O) groups excluding carboxylic acids is 1. The molecule has 0 saturated heterocycles. The Morgan fingerprint density at radius 1 is 1.35 bits per heavy atom. The van der Waals surface area contributed by atoms with Crippen LogP contribution in [0.5, 0.6) is 0 Å². The van der Waals surface area contributed by atoms with Crippen LogP contribution in [0.4, 0.5) is 0 Å². The van der Waals surface area contributed by atoms with Gasteiger partial charge in [-0.05, 0) is 43.9 Å². The van der Waals surface area contributed by atoms with Gasteiger partial charge in [-0.15, -0.1) is 0 Å². The van der Waals surface area contributed by atoms with Gasteiger partial charge in [-0.1, -0.05) is 18.2 Å². The summed E-state index contributed by atoms with van der Waals surface area (Å²) >= 11 is 0. The topological polar surface area (TPSA) is 38.1 Å². The molecule has 2 rings (SSSR count). The monoisotopic (exact) mass is 269 g/mol. The molecule has 2 aromatic rings. The summed E-state index contributed by atoms with van der Waals surface area (Å²) in [5.41, 5.74) is 2.75. The van der Waals surface area contributed by atoms with Gasteiger partial charge in [0.1, 0.15) is 0 Å². The number of benzene rings is 1. The van der Waals surface area contributed by atoms with Crippen LogP contribution >= 0.6 is 0 Å². The van der Waals surface area contributed by atoms with E-state index in [1.165, 1.54) is 0 Å². The fourth-order valence-corrected chi connectivity index (χ4v) is 1.99. The molecule has 4 heteroatoms. The zero-order valence-electron chi connectivity index (χ0n) is 12.1. The van der Waals surface area contributed by atoms with Crippen molar-refractivity contribution in [3.05, 3.63) is 59.4 Å². The Bertz CT molecular complexity index is 626. The third kappa shape index (κ3) is 3.65. The highest BCUT2D eigenvalue weighted by atomic mass is 16.1. The van der Waals surface area contributed by atoms with Gasteiger partial charge in [0.2, 0.25) is 0 Å². The Morgan fingerprint density at radius 2 is 2.15 bits per heavy atom. The van der Waals surface area contributed by atoms with Gasteiger partial charge in [0.25, 0.3) is 0 Å². The van der Waals surface area contributed by atoms with Gasteiger partial charge < -0.3 is 4.90 Å². The third-order valence-corrected chi connectivity index (χ3v) is 2.97. The van der Waals surface area contributed by atoms with E-state index in [-0.39, 0.29) is 5.78 Å². The van der Waals surface area contributed by atoms with E-state index in [4.69, 9.17) is 0 Å². The molecule has 0 N–H and O–H groups in total. The number of aromatic nitrogens is 2. The van der Waals surface area contributed by atoms with Crippen LogP contribution in [0.2, 0.25) is 0 Å². The van der Waals surface area contributed by atoms with Crippen LogP contribution in [0.25, 0.3) is 6.08 Å². The van der Waals surface area contributed by atoms with Crippen LogP contribution in [-0.2, 0) is 13.6 Å². The van der Waals surface area contributed by atoms with Gasteiger partial charge in [0, 0.05) is 25.4 Å². The highest BCUT2D eigenvalue weighted by Crippen LogP contribution is 2.09. The van der Waals surface area contributed by atoms with Crippen molar-refractivity contribution < 1.29 is 4.79 Å². The first-order chi connectivity index (χ1) is 9.56. The van der Waals surface area contributed by atoms with Gasteiger partial charge >= 0.3 is 0 Å². The van der Waals surface area contributed by atoms with Crippen LogP contribution in [0.15, 0.2) is 42.6 Å². The van der Waals surface area contributed by atoms with E-state index < -0.39 is 0 Å². The molecule has 1 aromatic heterocycles. The van der Waals surface area contributed by atoms with Gasteiger partial charge in [-0.25, -0.2) is 0 Å². The first-order valence-corrected chi connectivity index (χ1v) is 6.50. The smallest absolute Gasteiger partial charge is 0.185 e. The summed E-state index contributed by atoms with van der Waals surface area (Å²) < 4.78 is 1.73. The lowest BCUT2D eigenvalue weighted by Crippen LogP contribution is -2.11. The summed E-state index contributed by atoms with van der Waals surface area (Å²) in [7, 11) is 5.87. The Kier molecular flexibility index (Phi) is 4.48. The lowest BCUT2D eigenvalue weighted by molar-refractivity contribution is 0.104. The number of rotatable bonds is 5. The van der Waals surface area contributed by atoms with Crippen molar-refractivity contribution in [3.8, 4) is 0 Å². The maximum Gasteiger partial charge on any atom is 0.185 e. The summed E-state index contributed by atoms with van der Waals surface area (Å²) in [4.78, 5) is 14.2. The maximum absolute atomic E-state index is 12.2. The fraction of sp³-hybridized carbons (Fsp3) is 0.250. The third-order valence-electron chi connectivity index (χ3n) is 2.97. The summed E-state index contributed by atoms with van der Waals surface area (Å²) in [6.07, 6.45) is 5.08. The van der Waals surface area contributed by atoms with E-state index in [0.29, 0.717) is 5.56 Å². The molecule has 4 nitrogen and oxygen atoms in total. The first-order valence-electron chi connectivity index (χ1n) is 6.50. The summed E-state index contributed by atoms with van der Waals surface area (Å²) in [5.74, 6) is 0.00630. The number of hydrogen-bond donors (Lipinski definition) is 0. The van der Waals surface area contributed by atoms with E-state index in [9.17, 15) is 4.79 Å². The number of aryl methyl sites for hydroxylation is 1. The number of nitrogens with zero attached hydrogens (tertiary/aromatic N) is 3. The predicted octanol–water partition coefficient (Wildman–Crippen LogP) is 2.38. The molecular weight excluding hydrogens is 250 g/mol. The number of hydrogen-bond acceptors (Lipinski definition) is 3. The molecule has 0 fully saturated rings. The van der Waals surface area contributed by atoms with E-state index in [1.54, 1.807) is 23.0 Å². The Labute approximate surface area is 119 Å². The van der Waals surface area contributed by atoms with Gasteiger partial charge in [-0.3, -0.25) is 9.48 Å². The van der Waals surface area contributed by atoms with E-state index in [1.807, 2.05) is 51.5 Å².